The van der Waals surface area contributed by atoms with Crippen molar-refractivity contribution in [3.05, 3.63) is 57.0 Å². The van der Waals surface area contributed by atoms with Gasteiger partial charge in [0.15, 0.2) is 12.4 Å². The van der Waals surface area contributed by atoms with Gasteiger partial charge in [-0.2, -0.15) is 0 Å². The molecule has 0 fully saturated rings. The van der Waals surface area contributed by atoms with Gasteiger partial charge in [-0.05, 0) is 40.2 Å². The van der Waals surface area contributed by atoms with Crippen molar-refractivity contribution in [3.8, 4) is 5.75 Å². The van der Waals surface area contributed by atoms with Crippen LogP contribution in [0.5, 0.6) is 5.75 Å². The number of fused-ring (bicyclic) bond motifs is 1. The number of benzene rings is 2. The van der Waals surface area contributed by atoms with E-state index in [9.17, 15) is 9.59 Å². The lowest BCUT2D eigenvalue weighted by Gasteiger charge is -2.19. The number of amides is 1. The molecule has 0 aliphatic carbocycles. The Morgan fingerprint density at radius 2 is 2.10 bits per heavy atom. The van der Waals surface area contributed by atoms with E-state index < -0.39 is 0 Å². The summed E-state index contributed by atoms with van der Waals surface area (Å²) in [5, 5.41) is 3.19. The van der Waals surface area contributed by atoms with Gasteiger partial charge in [0, 0.05) is 20.6 Å². The zero-order chi connectivity index (χ0) is 15.0. The van der Waals surface area contributed by atoms with E-state index in [1.807, 2.05) is 0 Å². The molecule has 3 rings (SSSR count). The minimum atomic E-state index is -0.219. The van der Waals surface area contributed by atoms with E-state index in [-0.39, 0.29) is 18.3 Å². The molecular formula is C15H9BrClNO3. The minimum absolute atomic E-state index is 0.0561. The summed E-state index contributed by atoms with van der Waals surface area (Å²) in [4.78, 5) is 23.8. The SMILES string of the molecule is O=C1COc2cc(C(=O)c3cccc(Cl)c3)c(Br)cc2N1. The van der Waals surface area contributed by atoms with Gasteiger partial charge in [0.05, 0.1) is 5.69 Å². The summed E-state index contributed by atoms with van der Waals surface area (Å²) in [7, 11) is 0. The van der Waals surface area contributed by atoms with Crippen molar-refractivity contribution in [2.45, 2.75) is 0 Å². The molecule has 0 aromatic heterocycles. The topological polar surface area (TPSA) is 55.4 Å². The Kier molecular flexibility index (Phi) is 3.69. The van der Waals surface area contributed by atoms with Crippen molar-refractivity contribution < 1.29 is 14.3 Å². The molecule has 1 N–H and O–H groups in total. The second kappa shape index (κ2) is 5.50. The van der Waals surface area contributed by atoms with Crippen molar-refractivity contribution in [1.29, 1.82) is 0 Å². The van der Waals surface area contributed by atoms with E-state index in [1.54, 1.807) is 36.4 Å². The maximum Gasteiger partial charge on any atom is 0.262 e. The molecule has 2 aromatic rings. The van der Waals surface area contributed by atoms with Gasteiger partial charge < -0.3 is 10.1 Å². The van der Waals surface area contributed by atoms with Gasteiger partial charge in [0.25, 0.3) is 5.91 Å². The highest BCUT2D eigenvalue weighted by atomic mass is 79.9. The minimum Gasteiger partial charge on any atom is -0.482 e. The summed E-state index contributed by atoms with van der Waals surface area (Å²) in [6, 6.07) is 10.0. The van der Waals surface area contributed by atoms with Gasteiger partial charge in [0.1, 0.15) is 5.75 Å². The molecule has 0 saturated carbocycles. The van der Waals surface area contributed by atoms with Crippen LogP contribution >= 0.6 is 27.5 Å². The van der Waals surface area contributed by atoms with Crippen LogP contribution in [0.25, 0.3) is 0 Å². The van der Waals surface area contributed by atoms with Crippen LogP contribution in [0, 0.1) is 0 Å². The highest BCUT2D eigenvalue weighted by molar-refractivity contribution is 9.10. The normalized spacial score (nSPS) is 13.1. The lowest BCUT2D eigenvalue weighted by atomic mass is 10.0. The molecule has 21 heavy (non-hydrogen) atoms. The summed E-state index contributed by atoms with van der Waals surface area (Å²) >= 11 is 9.26. The Morgan fingerprint density at radius 3 is 2.86 bits per heavy atom. The molecule has 0 unspecified atom stereocenters. The fraction of sp³-hybridized carbons (Fsp3) is 0.0667. The maximum atomic E-state index is 12.5. The molecule has 0 bridgehead atoms. The zero-order valence-electron chi connectivity index (χ0n) is 10.7. The van der Waals surface area contributed by atoms with E-state index >= 15 is 0 Å². The molecule has 0 atom stereocenters. The third kappa shape index (κ3) is 2.80. The number of hydrogen-bond donors (Lipinski definition) is 1. The quantitative estimate of drug-likeness (QED) is 0.825. The Labute approximate surface area is 134 Å². The number of ether oxygens (including phenoxy) is 1. The fourth-order valence-electron chi connectivity index (χ4n) is 2.06. The maximum absolute atomic E-state index is 12.5. The average molecular weight is 367 g/mol. The molecule has 0 saturated heterocycles. The van der Waals surface area contributed by atoms with E-state index in [4.69, 9.17) is 16.3 Å². The number of nitrogens with one attached hydrogen (secondary N) is 1. The standard InChI is InChI=1S/C15H9BrClNO3/c16-11-6-12-13(21-7-14(19)18-12)5-10(11)15(20)8-2-1-3-9(17)4-8/h1-6H,7H2,(H,18,19). The van der Waals surface area contributed by atoms with Crippen molar-refractivity contribution in [2.24, 2.45) is 0 Å². The number of hydrogen-bond acceptors (Lipinski definition) is 3. The van der Waals surface area contributed by atoms with Crippen LogP contribution in [-0.4, -0.2) is 18.3 Å². The van der Waals surface area contributed by atoms with Gasteiger partial charge in [-0.25, -0.2) is 0 Å². The van der Waals surface area contributed by atoms with Crippen LogP contribution in [0.1, 0.15) is 15.9 Å². The predicted molar refractivity (Wildman–Crippen MR) is 83.2 cm³/mol. The Morgan fingerprint density at radius 1 is 1.29 bits per heavy atom. The van der Waals surface area contributed by atoms with E-state index in [0.29, 0.717) is 32.1 Å². The van der Waals surface area contributed by atoms with Crippen LogP contribution in [-0.2, 0) is 4.79 Å². The van der Waals surface area contributed by atoms with E-state index in [1.165, 1.54) is 0 Å². The largest absolute Gasteiger partial charge is 0.482 e. The van der Waals surface area contributed by atoms with Crippen LogP contribution in [0.4, 0.5) is 5.69 Å². The Hall–Kier alpha value is -1.85. The van der Waals surface area contributed by atoms with Crippen molar-refractivity contribution in [2.75, 3.05) is 11.9 Å². The van der Waals surface area contributed by atoms with Crippen LogP contribution < -0.4 is 10.1 Å². The lowest BCUT2D eigenvalue weighted by Crippen LogP contribution is -2.25. The lowest BCUT2D eigenvalue weighted by molar-refractivity contribution is -0.118. The molecule has 1 aliphatic rings. The third-order valence-corrected chi connectivity index (χ3v) is 3.92. The smallest absolute Gasteiger partial charge is 0.262 e. The molecule has 0 radical (unpaired) electrons. The summed E-state index contributed by atoms with van der Waals surface area (Å²) in [5.74, 6) is 0.0826. The first kappa shape index (κ1) is 14.1. The molecule has 1 amide bonds. The second-order valence-corrected chi connectivity index (χ2v) is 5.80. The number of carbonyl (C=O) groups is 2. The van der Waals surface area contributed by atoms with Crippen LogP contribution in [0.15, 0.2) is 40.9 Å². The molecule has 0 spiro atoms. The summed E-state index contributed by atoms with van der Waals surface area (Å²) in [6.45, 7) is -0.0561. The Balaban J connectivity index is 2.03. The van der Waals surface area contributed by atoms with E-state index in [2.05, 4.69) is 21.2 Å². The van der Waals surface area contributed by atoms with Gasteiger partial charge in [-0.15, -0.1) is 0 Å². The first-order valence-electron chi connectivity index (χ1n) is 6.11. The van der Waals surface area contributed by atoms with Crippen molar-refractivity contribution >= 4 is 44.9 Å². The van der Waals surface area contributed by atoms with E-state index in [0.717, 1.165) is 0 Å². The van der Waals surface area contributed by atoms with Gasteiger partial charge in [-0.3, -0.25) is 9.59 Å². The molecule has 2 aromatic carbocycles. The molecule has 1 heterocycles. The Bertz CT molecular complexity index is 761. The highest BCUT2D eigenvalue weighted by Gasteiger charge is 2.21. The number of carbonyl (C=O) groups excluding carboxylic acids is 2. The second-order valence-electron chi connectivity index (χ2n) is 4.50. The summed E-state index contributed by atoms with van der Waals surface area (Å²) < 4.78 is 5.91. The first-order chi connectivity index (χ1) is 10.0. The van der Waals surface area contributed by atoms with Crippen LogP contribution in [0.3, 0.4) is 0 Å². The van der Waals surface area contributed by atoms with Gasteiger partial charge in [0.2, 0.25) is 0 Å². The number of rotatable bonds is 2. The average Bonchev–Trinajstić information content (AvgIpc) is 2.45. The van der Waals surface area contributed by atoms with Crippen LogP contribution in [0.2, 0.25) is 5.02 Å². The molecule has 4 nitrogen and oxygen atoms in total. The monoisotopic (exact) mass is 365 g/mol. The zero-order valence-corrected chi connectivity index (χ0v) is 13.0. The fourth-order valence-corrected chi connectivity index (χ4v) is 2.77. The summed E-state index contributed by atoms with van der Waals surface area (Å²) in [5.41, 5.74) is 1.48. The van der Waals surface area contributed by atoms with Crippen molar-refractivity contribution in [3.63, 3.8) is 0 Å². The number of halogens is 2. The predicted octanol–water partition coefficient (Wildman–Crippen LogP) is 3.66. The highest BCUT2D eigenvalue weighted by Crippen LogP contribution is 2.34. The van der Waals surface area contributed by atoms with Gasteiger partial charge >= 0.3 is 0 Å². The third-order valence-electron chi connectivity index (χ3n) is 3.03. The molecular weight excluding hydrogens is 358 g/mol. The van der Waals surface area contributed by atoms with Crippen molar-refractivity contribution in [1.82, 2.24) is 0 Å². The number of anilines is 1. The van der Waals surface area contributed by atoms with Gasteiger partial charge in [-0.1, -0.05) is 23.7 Å². The molecule has 6 heteroatoms. The first-order valence-corrected chi connectivity index (χ1v) is 7.28. The summed E-state index contributed by atoms with van der Waals surface area (Å²) in [6.07, 6.45) is 0. The molecule has 106 valence electrons. The molecule has 1 aliphatic heterocycles. The number of ketones is 1.